The summed E-state index contributed by atoms with van der Waals surface area (Å²) in [6, 6.07) is 11.4. The fourth-order valence-electron chi connectivity index (χ4n) is 2.77. The molecule has 0 bridgehead atoms. The van der Waals surface area contributed by atoms with Crippen molar-refractivity contribution in [1.82, 2.24) is 0 Å². The van der Waals surface area contributed by atoms with E-state index in [0.29, 0.717) is 6.54 Å². The Labute approximate surface area is 143 Å². The average Bonchev–Trinajstić information content (AvgIpc) is 2.72. The molecule has 1 fully saturated rings. The molecule has 0 spiro atoms. The molecule has 126 valence electrons. The first kappa shape index (κ1) is 17.0. The second-order valence-electron chi connectivity index (χ2n) is 7.30. The molecule has 5 heteroatoms. The number of phenols is 1. The van der Waals surface area contributed by atoms with E-state index >= 15 is 0 Å². The van der Waals surface area contributed by atoms with Gasteiger partial charge in [-0.3, -0.25) is 0 Å². The highest BCUT2D eigenvalue weighted by atomic mass is 16.7. The van der Waals surface area contributed by atoms with E-state index in [2.05, 4.69) is 0 Å². The Morgan fingerprint density at radius 3 is 2.29 bits per heavy atom. The van der Waals surface area contributed by atoms with Gasteiger partial charge in [-0.15, -0.1) is 0 Å². The van der Waals surface area contributed by atoms with Gasteiger partial charge >= 0.3 is 7.12 Å². The summed E-state index contributed by atoms with van der Waals surface area (Å²) in [7, 11) is -0.445. The third-order valence-electron chi connectivity index (χ3n) is 4.99. The van der Waals surface area contributed by atoms with Crippen molar-refractivity contribution in [3.8, 4) is 5.75 Å². The molecule has 2 aromatic carbocycles. The van der Waals surface area contributed by atoms with Crippen LogP contribution in [0.5, 0.6) is 5.75 Å². The minimum absolute atomic E-state index is 0.258. The smallest absolute Gasteiger partial charge is 0.491 e. The van der Waals surface area contributed by atoms with Gasteiger partial charge < -0.3 is 20.1 Å². The predicted molar refractivity (Wildman–Crippen MR) is 98.7 cm³/mol. The van der Waals surface area contributed by atoms with E-state index in [1.807, 2.05) is 58.0 Å². The number of fused-ring (bicyclic) bond motifs is 1. The molecular weight excluding hydrogens is 301 g/mol. The fraction of sp³-hybridized carbons (Fsp3) is 0.368. The number of hydrogen-bond acceptors (Lipinski definition) is 4. The van der Waals surface area contributed by atoms with Crippen molar-refractivity contribution in [2.24, 2.45) is 5.73 Å². The molecule has 1 saturated heterocycles. The molecule has 1 aliphatic heterocycles. The lowest BCUT2D eigenvalue weighted by Gasteiger charge is -2.32. The van der Waals surface area contributed by atoms with Crippen LogP contribution in [0, 0.1) is 0 Å². The van der Waals surface area contributed by atoms with Crippen LogP contribution in [0.4, 0.5) is 0 Å². The SMILES string of the molecule is CC1(C)OB(C(=Cc2ccc3ccc(O)cc3c2)CN)OC1(C)C. The van der Waals surface area contributed by atoms with Gasteiger partial charge in [-0.05, 0) is 67.7 Å². The standard InChI is InChI=1S/C19H24BNO3/c1-18(2)19(3,4)24-20(23-18)16(12-21)10-13-5-6-14-7-8-17(22)11-15(14)9-13/h5-11,22H,12,21H2,1-4H3. The Kier molecular flexibility index (Phi) is 4.20. The highest BCUT2D eigenvalue weighted by molar-refractivity contribution is 6.55. The summed E-state index contributed by atoms with van der Waals surface area (Å²) in [6.45, 7) is 8.47. The summed E-state index contributed by atoms with van der Waals surface area (Å²) in [4.78, 5) is 0. The van der Waals surface area contributed by atoms with Crippen LogP contribution in [0.3, 0.4) is 0 Å². The molecule has 3 rings (SSSR count). The van der Waals surface area contributed by atoms with Crippen LogP contribution in [0.1, 0.15) is 33.3 Å². The Bertz CT molecular complexity index is 782. The summed E-state index contributed by atoms with van der Waals surface area (Å²) in [5.74, 6) is 0.258. The van der Waals surface area contributed by atoms with Crippen molar-refractivity contribution in [2.45, 2.75) is 38.9 Å². The minimum Gasteiger partial charge on any atom is -0.508 e. The van der Waals surface area contributed by atoms with Crippen molar-refractivity contribution in [3.05, 3.63) is 47.4 Å². The van der Waals surface area contributed by atoms with E-state index in [-0.39, 0.29) is 17.0 Å². The zero-order chi connectivity index (χ0) is 17.5. The van der Waals surface area contributed by atoms with Crippen molar-refractivity contribution < 1.29 is 14.4 Å². The van der Waals surface area contributed by atoms with Gasteiger partial charge in [0, 0.05) is 6.54 Å². The number of rotatable bonds is 3. The largest absolute Gasteiger partial charge is 0.508 e. The molecule has 0 atom stereocenters. The lowest BCUT2D eigenvalue weighted by atomic mass is 9.77. The Balaban J connectivity index is 1.94. The Morgan fingerprint density at radius 2 is 1.67 bits per heavy atom. The molecule has 0 aliphatic carbocycles. The molecule has 1 heterocycles. The predicted octanol–water partition coefficient (Wildman–Crippen LogP) is 3.52. The molecule has 0 amide bonds. The maximum atomic E-state index is 9.66. The van der Waals surface area contributed by atoms with Gasteiger partial charge in [0.1, 0.15) is 5.75 Å². The Morgan fingerprint density at radius 1 is 1.04 bits per heavy atom. The Hall–Kier alpha value is -1.82. The maximum absolute atomic E-state index is 9.66. The summed E-state index contributed by atoms with van der Waals surface area (Å²) in [6.07, 6.45) is 2.01. The van der Waals surface area contributed by atoms with E-state index in [4.69, 9.17) is 15.0 Å². The average molecular weight is 325 g/mol. The quantitative estimate of drug-likeness (QED) is 0.848. The van der Waals surface area contributed by atoms with Crippen LogP contribution >= 0.6 is 0 Å². The lowest BCUT2D eigenvalue weighted by Crippen LogP contribution is -2.41. The van der Waals surface area contributed by atoms with Gasteiger partial charge in [0.2, 0.25) is 0 Å². The second-order valence-corrected chi connectivity index (χ2v) is 7.30. The zero-order valence-corrected chi connectivity index (χ0v) is 14.7. The second kappa shape index (κ2) is 5.92. The molecule has 0 aromatic heterocycles. The highest BCUT2D eigenvalue weighted by Crippen LogP contribution is 2.38. The molecule has 2 aromatic rings. The monoisotopic (exact) mass is 325 g/mol. The summed E-state index contributed by atoms with van der Waals surface area (Å²) in [5, 5.41) is 11.7. The van der Waals surface area contributed by atoms with Crippen molar-refractivity contribution >= 4 is 24.0 Å². The molecular formula is C19H24BNO3. The number of phenolic OH excluding ortho intramolecular Hbond substituents is 1. The molecule has 3 N–H and O–H groups in total. The van der Waals surface area contributed by atoms with E-state index < -0.39 is 7.12 Å². The van der Waals surface area contributed by atoms with Crippen molar-refractivity contribution in [1.29, 1.82) is 0 Å². The van der Waals surface area contributed by atoms with E-state index in [1.54, 1.807) is 12.1 Å². The maximum Gasteiger partial charge on any atom is 0.491 e. The molecule has 0 radical (unpaired) electrons. The molecule has 0 saturated carbocycles. The van der Waals surface area contributed by atoms with Gasteiger partial charge in [-0.2, -0.15) is 0 Å². The number of aromatic hydroxyl groups is 1. The van der Waals surface area contributed by atoms with Crippen LogP contribution in [-0.4, -0.2) is 30.0 Å². The van der Waals surface area contributed by atoms with Gasteiger partial charge in [-0.1, -0.05) is 24.3 Å². The fourth-order valence-corrected chi connectivity index (χ4v) is 2.77. The van der Waals surface area contributed by atoms with Gasteiger partial charge in [0.15, 0.2) is 0 Å². The van der Waals surface area contributed by atoms with Crippen molar-refractivity contribution in [3.63, 3.8) is 0 Å². The third kappa shape index (κ3) is 3.07. The highest BCUT2D eigenvalue weighted by Gasteiger charge is 2.52. The number of hydrogen-bond donors (Lipinski definition) is 2. The van der Waals surface area contributed by atoms with E-state index in [1.165, 1.54) is 0 Å². The minimum atomic E-state index is -0.445. The number of nitrogens with two attached hydrogens (primary N) is 1. The third-order valence-corrected chi connectivity index (χ3v) is 4.99. The first-order valence-electron chi connectivity index (χ1n) is 8.21. The van der Waals surface area contributed by atoms with Crippen LogP contribution in [0.2, 0.25) is 0 Å². The summed E-state index contributed by atoms with van der Waals surface area (Å²) >= 11 is 0. The van der Waals surface area contributed by atoms with E-state index in [0.717, 1.165) is 21.8 Å². The van der Waals surface area contributed by atoms with Crippen LogP contribution in [0.25, 0.3) is 16.8 Å². The van der Waals surface area contributed by atoms with Crippen LogP contribution in [-0.2, 0) is 9.31 Å². The zero-order valence-electron chi connectivity index (χ0n) is 14.7. The first-order valence-corrected chi connectivity index (χ1v) is 8.21. The van der Waals surface area contributed by atoms with Gasteiger partial charge in [0.25, 0.3) is 0 Å². The van der Waals surface area contributed by atoms with Gasteiger partial charge in [0.05, 0.1) is 11.2 Å². The number of benzene rings is 2. The topological polar surface area (TPSA) is 64.7 Å². The van der Waals surface area contributed by atoms with Crippen molar-refractivity contribution in [2.75, 3.05) is 6.54 Å². The lowest BCUT2D eigenvalue weighted by molar-refractivity contribution is 0.00578. The van der Waals surface area contributed by atoms with Crippen LogP contribution < -0.4 is 5.73 Å². The molecule has 1 aliphatic rings. The summed E-state index contributed by atoms with van der Waals surface area (Å²) in [5.41, 5.74) is 7.07. The van der Waals surface area contributed by atoms with Gasteiger partial charge in [-0.25, -0.2) is 0 Å². The summed E-state index contributed by atoms with van der Waals surface area (Å²) < 4.78 is 12.2. The normalized spacial score (nSPS) is 19.9. The molecule has 0 unspecified atom stereocenters. The molecule has 24 heavy (non-hydrogen) atoms. The first-order chi connectivity index (χ1) is 11.2. The van der Waals surface area contributed by atoms with E-state index in [9.17, 15) is 5.11 Å². The molecule has 4 nitrogen and oxygen atoms in total. The van der Waals surface area contributed by atoms with Crippen LogP contribution in [0.15, 0.2) is 41.9 Å².